The van der Waals surface area contributed by atoms with E-state index in [9.17, 15) is 9.59 Å². The van der Waals surface area contributed by atoms with Crippen LogP contribution in [0.2, 0.25) is 0 Å². The smallest absolute Gasteiger partial charge is 0.307 e. The second kappa shape index (κ2) is 8.58. The first-order valence-corrected chi connectivity index (χ1v) is 7.18. The minimum atomic E-state index is -0.290. The molecule has 0 aliphatic heterocycles. The number of esters is 1. The molecule has 0 aliphatic carbocycles. The summed E-state index contributed by atoms with van der Waals surface area (Å²) >= 11 is 1.50. The summed E-state index contributed by atoms with van der Waals surface area (Å²) in [5.74, 6) is 0.140. The largest absolute Gasteiger partial charge is 0.469 e. The Morgan fingerprint density at radius 3 is 2.53 bits per heavy atom. The van der Waals surface area contributed by atoms with E-state index in [4.69, 9.17) is 0 Å². The van der Waals surface area contributed by atoms with E-state index in [0.717, 1.165) is 4.90 Å². The number of hydrogen-bond donors (Lipinski definition) is 0. The number of nitrogens with zero attached hydrogens (tertiary/aromatic N) is 1. The predicted octanol–water partition coefficient (Wildman–Crippen LogP) is 2.19. The maximum Gasteiger partial charge on any atom is 0.307 e. The highest BCUT2D eigenvalue weighted by molar-refractivity contribution is 8.00. The number of carbonyl (C=O) groups excluding carboxylic acids is 2. The molecule has 4 nitrogen and oxygen atoms in total. The van der Waals surface area contributed by atoms with E-state index < -0.39 is 0 Å². The Morgan fingerprint density at radius 2 is 1.95 bits per heavy atom. The number of amides is 1. The zero-order valence-corrected chi connectivity index (χ0v) is 12.1. The van der Waals surface area contributed by atoms with Crippen molar-refractivity contribution >= 4 is 23.6 Å². The lowest BCUT2D eigenvalue weighted by Crippen LogP contribution is -2.34. The zero-order chi connectivity index (χ0) is 14.1. The molecule has 0 bridgehead atoms. The van der Waals surface area contributed by atoms with Crippen LogP contribution in [-0.4, -0.2) is 42.7 Å². The Kier molecular flexibility index (Phi) is 7.03. The first-order valence-electron chi connectivity index (χ1n) is 6.19. The van der Waals surface area contributed by atoms with Gasteiger partial charge in [-0.2, -0.15) is 0 Å². The van der Waals surface area contributed by atoms with Gasteiger partial charge >= 0.3 is 5.97 Å². The normalized spacial score (nSPS) is 10.0. The highest BCUT2D eigenvalue weighted by Gasteiger charge is 2.13. The van der Waals surface area contributed by atoms with Crippen molar-refractivity contribution in [3.63, 3.8) is 0 Å². The number of methoxy groups -OCH3 is 1. The van der Waals surface area contributed by atoms with Crippen LogP contribution in [0.25, 0.3) is 0 Å². The molecule has 0 fully saturated rings. The molecule has 1 amide bonds. The van der Waals surface area contributed by atoms with Crippen LogP contribution in [0.3, 0.4) is 0 Å². The maximum atomic E-state index is 12.0. The van der Waals surface area contributed by atoms with Gasteiger partial charge in [0.05, 0.1) is 19.3 Å². The molecule has 0 unspecified atom stereocenters. The van der Waals surface area contributed by atoms with Crippen LogP contribution in [-0.2, 0) is 14.3 Å². The SMILES string of the molecule is CCN(CCC(=O)OC)C(=O)CSc1ccccc1. The summed E-state index contributed by atoms with van der Waals surface area (Å²) < 4.78 is 4.57. The summed E-state index contributed by atoms with van der Waals surface area (Å²) in [6.07, 6.45) is 0.242. The molecule has 19 heavy (non-hydrogen) atoms. The molecule has 104 valence electrons. The van der Waals surface area contributed by atoms with Crippen LogP contribution < -0.4 is 0 Å². The Morgan fingerprint density at radius 1 is 1.26 bits per heavy atom. The molecule has 1 aromatic carbocycles. The highest BCUT2D eigenvalue weighted by atomic mass is 32.2. The van der Waals surface area contributed by atoms with E-state index in [2.05, 4.69) is 4.74 Å². The van der Waals surface area contributed by atoms with Crippen molar-refractivity contribution in [3.05, 3.63) is 30.3 Å². The van der Waals surface area contributed by atoms with Crippen molar-refractivity contribution < 1.29 is 14.3 Å². The van der Waals surface area contributed by atoms with E-state index in [-0.39, 0.29) is 18.3 Å². The van der Waals surface area contributed by atoms with Gasteiger partial charge in [0.2, 0.25) is 5.91 Å². The van der Waals surface area contributed by atoms with E-state index in [1.54, 1.807) is 4.90 Å². The first kappa shape index (κ1) is 15.6. The van der Waals surface area contributed by atoms with Crippen molar-refractivity contribution in [1.29, 1.82) is 0 Å². The fraction of sp³-hybridized carbons (Fsp3) is 0.429. The van der Waals surface area contributed by atoms with Gasteiger partial charge in [-0.25, -0.2) is 0 Å². The molecule has 0 saturated carbocycles. The Labute approximate surface area is 118 Å². The van der Waals surface area contributed by atoms with Gasteiger partial charge < -0.3 is 9.64 Å². The van der Waals surface area contributed by atoms with E-state index >= 15 is 0 Å². The monoisotopic (exact) mass is 281 g/mol. The van der Waals surface area contributed by atoms with Gasteiger partial charge in [0.15, 0.2) is 0 Å². The molecule has 0 aliphatic rings. The van der Waals surface area contributed by atoms with Crippen LogP contribution in [0.1, 0.15) is 13.3 Å². The minimum Gasteiger partial charge on any atom is -0.469 e. The van der Waals surface area contributed by atoms with Gasteiger partial charge in [0.25, 0.3) is 0 Å². The summed E-state index contributed by atoms with van der Waals surface area (Å²) in [7, 11) is 1.35. The summed E-state index contributed by atoms with van der Waals surface area (Å²) in [5, 5.41) is 0. The van der Waals surface area contributed by atoms with Crippen molar-refractivity contribution in [2.75, 3.05) is 26.0 Å². The van der Waals surface area contributed by atoms with Gasteiger partial charge in [-0.15, -0.1) is 11.8 Å². The quantitative estimate of drug-likeness (QED) is 0.568. The molecular formula is C14H19NO3S. The topological polar surface area (TPSA) is 46.6 Å². The molecule has 0 spiro atoms. The lowest BCUT2D eigenvalue weighted by atomic mass is 10.3. The van der Waals surface area contributed by atoms with E-state index in [1.165, 1.54) is 18.9 Å². The molecule has 0 aromatic heterocycles. The average molecular weight is 281 g/mol. The molecule has 0 heterocycles. The lowest BCUT2D eigenvalue weighted by Gasteiger charge is -2.20. The molecular weight excluding hydrogens is 262 g/mol. The Bertz CT molecular complexity index is 408. The van der Waals surface area contributed by atoms with Crippen molar-refractivity contribution in [3.8, 4) is 0 Å². The fourth-order valence-corrected chi connectivity index (χ4v) is 2.36. The number of benzene rings is 1. The van der Waals surface area contributed by atoms with E-state index in [1.807, 2.05) is 37.3 Å². The maximum absolute atomic E-state index is 12.0. The van der Waals surface area contributed by atoms with Crippen LogP contribution in [0, 0.1) is 0 Å². The van der Waals surface area contributed by atoms with Crippen LogP contribution in [0.4, 0.5) is 0 Å². The van der Waals surface area contributed by atoms with Crippen LogP contribution >= 0.6 is 11.8 Å². The van der Waals surface area contributed by atoms with Gasteiger partial charge in [-0.3, -0.25) is 9.59 Å². The molecule has 1 rings (SSSR count). The standard InChI is InChI=1S/C14H19NO3S/c1-3-15(10-9-14(17)18-2)13(16)11-19-12-7-5-4-6-8-12/h4-8H,3,9-11H2,1-2H3. The van der Waals surface area contributed by atoms with Crippen molar-refractivity contribution in [2.24, 2.45) is 0 Å². The third-order valence-electron chi connectivity index (χ3n) is 2.65. The zero-order valence-electron chi connectivity index (χ0n) is 11.3. The molecule has 0 N–H and O–H groups in total. The summed E-state index contributed by atoms with van der Waals surface area (Å²) in [6, 6.07) is 9.79. The Balaban J connectivity index is 2.39. The Hall–Kier alpha value is -1.49. The number of carbonyl (C=O) groups is 2. The number of ether oxygens (including phenoxy) is 1. The number of thioether (sulfide) groups is 1. The number of rotatable bonds is 7. The second-order valence-corrected chi connectivity index (χ2v) is 4.95. The minimum absolute atomic E-state index is 0.0419. The summed E-state index contributed by atoms with van der Waals surface area (Å²) in [6.45, 7) is 2.92. The molecule has 5 heteroatoms. The van der Waals surface area contributed by atoms with Gasteiger partial charge in [-0.1, -0.05) is 18.2 Å². The number of hydrogen-bond acceptors (Lipinski definition) is 4. The van der Waals surface area contributed by atoms with Gasteiger partial charge in [0.1, 0.15) is 0 Å². The third kappa shape index (κ3) is 5.79. The van der Waals surface area contributed by atoms with Crippen LogP contribution in [0.15, 0.2) is 35.2 Å². The molecule has 0 radical (unpaired) electrons. The summed E-state index contributed by atoms with van der Waals surface area (Å²) in [4.78, 5) is 25.8. The fourth-order valence-electron chi connectivity index (χ4n) is 1.54. The van der Waals surface area contributed by atoms with Gasteiger partial charge in [-0.05, 0) is 19.1 Å². The third-order valence-corrected chi connectivity index (χ3v) is 3.65. The molecule has 0 saturated heterocycles. The van der Waals surface area contributed by atoms with Gasteiger partial charge in [0, 0.05) is 18.0 Å². The van der Waals surface area contributed by atoms with Crippen molar-refractivity contribution in [1.82, 2.24) is 4.90 Å². The van der Waals surface area contributed by atoms with Crippen molar-refractivity contribution in [2.45, 2.75) is 18.2 Å². The molecule has 1 aromatic rings. The average Bonchev–Trinajstić information content (AvgIpc) is 2.46. The highest BCUT2D eigenvalue weighted by Crippen LogP contribution is 2.17. The van der Waals surface area contributed by atoms with Crippen LogP contribution in [0.5, 0.6) is 0 Å². The molecule has 0 atom stereocenters. The van der Waals surface area contributed by atoms with E-state index in [0.29, 0.717) is 18.8 Å². The lowest BCUT2D eigenvalue weighted by molar-refractivity contribution is -0.141. The first-order chi connectivity index (χ1) is 9.17. The second-order valence-electron chi connectivity index (χ2n) is 3.90. The summed E-state index contributed by atoms with van der Waals surface area (Å²) in [5.41, 5.74) is 0. The predicted molar refractivity (Wildman–Crippen MR) is 76.1 cm³/mol.